The molecule has 0 saturated carbocycles. The third kappa shape index (κ3) is 9.16. The van der Waals surface area contributed by atoms with Crippen molar-refractivity contribution in [2.45, 2.75) is 6.43 Å². The van der Waals surface area contributed by atoms with Crippen LogP contribution < -0.4 is 10.6 Å². The van der Waals surface area contributed by atoms with E-state index in [1.807, 2.05) is 0 Å². The minimum Gasteiger partial charge on any atom is -0.383 e. The van der Waals surface area contributed by atoms with Gasteiger partial charge in [0.25, 0.3) is 6.43 Å². The Morgan fingerprint density at radius 1 is 1.54 bits per heavy atom. The van der Waals surface area contributed by atoms with E-state index in [2.05, 4.69) is 10.6 Å². The molecule has 0 aromatic heterocycles. The highest BCUT2D eigenvalue weighted by molar-refractivity contribution is 5.77. The minimum atomic E-state index is -2.50. The van der Waals surface area contributed by atoms with Crippen LogP contribution in [0.5, 0.6) is 0 Å². The fraction of sp³-hybridized carbons (Fsp3) is 0.857. The molecule has 13 heavy (non-hydrogen) atoms. The van der Waals surface area contributed by atoms with Gasteiger partial charge in [0.05, 0.1) is 19.7 Å². The normalized spacial score (nSPS) is 10.5. The van der Waals surface area contributed by atoms with Crippen LogP contribution in [-0.2, 0) is 9.53 Å². The number of methoxy groups -OCH3 is 1. The van der Waals surface area contributed by atoms with Gasteiger partial charge in [-0.05, 0) is 0 Å². The van der Waals surface area contributed by atoms with Gasteiger partial charge in [-0.15, -0.1) is 0 Å². The predicted octanol–water partition coefficient (Wildman–Crippen LogP) is -0.396. The molecule has 6 heteroatoms. The molecule has 0 radical (unpaired) electrons. The van der Waals surface area contributed by atoms with Crippen molar-refractivity contribution in [3.05, 3.63) is 0 Å². The van der Waals surface area contributed by atoms with Gasteiger partial charge >= 0.3 is 0 Å². The van der Waals surface area contributed by atoms with Crippen LogP contribution in [0.15, 0.2) is 0 Å². The Hall–Kier alpha value is -0.750. The van der Waals surface area contributed by atoms with Crippen molar-refractivity contribution in [1.29, 1.82) is 0 Å². The van der Waals surface area contributed by atoms with Crippen LogP contribution in [-0.4, -0.2) is 45.7 Å². The highest BCUT2D eigenvalue weighted by Gasteiger charge is 2.04. The molecule has 78 valence electrons. The molecular formula is C7H14F2N2O2. The number of hydrogen-bond donors (Lipinski definition) is 2. The van der Waals surface area contributed by atoms with Crippen LogP contribution >= 0.6 is 0 Å². The Balaban J connectivity index is 3.20. The second kappa shape index (κ2) is 7.88. The first-order valence-corrected chi connectivity index (χ1v) is 3.91. The zero-order chi connectivity index (χ0) is 10.1. The summed E-state index contributed by atoms with van der Waals surface area (Å²) in [5, 5.41) is 4.79. The number of carbonyl (C=O) groups excluding carboxylic acids is 1. The molecule has 0 spiro atoms. The fourth-order valence-corrected chi connectivity index (χ4v) is 0.630. The maximum atomic E-state index is 11.6. The number of halogens is 2. The van der Waals surface area contributed by atoms with Crippen molar-refractivity contribution < 1.29 is 18.3 Å². The lowest BCUT2D eigenvalue weighted by atomic mass is 10.5. The summed E-state index contributed by atoms with van der Waals surface area (Å²) in [4.78, 5) is 10.8. The summed E-state index contributed by atoms with van der Waals surface area (Å²) >= 11 is 0. The third-order valence-corrected chi connectivity index (χ3v) is 1.22. The molecule has 0 bridgehead atoms. The summed E-state index contributed by atoms with van der Waals surface area (Å²) in [6.07, 6.45) is -2.50. The van der Waals surface area contributed by atoms with Gasteiger partial charge in [0.2, 0.25) is 5.91 Å². The van der Waals surface area contributed by atoms with Gasteiger partial charge < -0.3 is 15.4 Å². The molecule has 0 saturated heterocycles. The van der Waals surface area contributed by atoms with Gasteiger partial charge in [-0.1, -0.05) is 0 Å². The maximum Gasteiger partial charge on any atom is 0.255 e. The zero-order valence-electron chi connectivity index (χ0n) is 7.48. The highest BCUT2D eigenvalue weighted by Crippen LogP contribution is 1.86. The highest BCUT2D eigenvalue weighted by atomic mass is 19.3. The van der Waals surface area contributed by atoms with Gasteiger partial charge in [0.1, 0.15) is 0 Å². The number of rotatable bonds is 7. The molecule has 0 rings (SSSR count). The van der Waals surface area contributed by atoms with E-state index in [9.17, 15) is 13.6 Å². The lowest BCUT2D eigenvalue weighted by molar-refractivity contribution is -0.120. The lowest BCUT2D eigenvalue weighted by Gasteiger charge is -2.05. The van der Waals surface area contributed by atoms with E-state index in [0.29, 0.717) is 13.2 Å². The van der Waals surface area contributed by atoms with Gasteiger partial charge in [0.15, 0.2) is 0 Å². The van der Waals surface area contributed by atoms with Crippen molar-refractivity contribution in [2.24, 2.45) is 0 Å². The Morgan fingerprint density at radius 2 is 2.23 bits per heavy atom. The first-order valence-electron chi connectivity index (χ1n) is 3.91. The number of ether oxygens (including phenoxy) is 1. The molecule has 0 aliphatic heterocycles. The van der Waals surface area contributed by atoms with Crippen molar-refractivity contribution in [1.82, 2.24) is 10.6 Å². The van der Waals surface area contributed by atoms with Crippen LogP contribution in [0, 0.1) is 0 Å². The Labute approximate surface area is 75.6 Å². The standard InChI is InChI=1S/C7H14F2N2O2/c1-13-3-2-10-5-7(12)11-4-6(8)9/h6,10H,2-5H2,1H3,(H,11,12). The first-order chi connectivity index (χ1) is 6.16. The smallest absolute Gasteiger partial charge is 0.255 e. The van der Waals surface area contributed by atoms with Gasteiger partial charge in [-0.2, -0.15) is 0 Å². The number of hydrogen-bond acceptors (Lipinski definition) is 3. The van der Waals surface area contributed by atoms with Crippen molar-refractivity contribution >= 4 is 5.91 Å². The third-order valence-electron chi connectivity index (χ3n) is 1.22. The van der Waals surface area contributed by atoms with Crippen LogP contribution in [0.2, 0.25) is 0 Å². The average molecular weight is 196 g/mol. The summed E-state index contributed by atoms with van der Waals surface area (Å²) in [6.45, 7) is 0.460. The lowest BCUT2D eigenvalue weighted by Crippen LogP contribution is -2.37. The summed E-state index contributed by atoms with van der Waals surface area (Å²) in [6, 6.07) is 0. The van der Waals surface area contributed by atoms with Crippen LogP contribution in [0.4, 0.5) is 8.78 Å². The van der Waals surface area contributed by atoms with Gasteiger partial charge in [-0.3, -0.25) is 4.79 Å². The second-order valence-electron chi connectivity index (χ2n) is 2.36. The van der Waals surface area contributed by atoms with E-state index in [-0.39, 0.29) is 6.54 Å². The minimum absolute atomic E-state index is 0.0378. The van der Waals surface area contributed by atoms with E-state index in [0.717, 1.165) is 0 Å². The van der Waals surface area contributed by atoms with Crippen LogP contribution in [0.25, 0.3) is 0 Å². The molecule has 0 heterocycles. The van der Waals surface area contributed by atoms with E-state index in [1.54, 1.807) is 7.11 Å². The Kier molecular flexibility index (Phi) is 7.42. The summed E-state index contributed by atoms with van der Waals surface area (Å²) in [5.74, 6) is -0.434. The predicted molar refractivity (Wildman–Crippen MR) is 43.8 cm³/mol. The van der Waals surface area contributed by atoms with Crippen molar-refractivity contribution in [3.63, 3.8) is 0 Å². The van der Waals surface area contributed by atoms with Gasteiger partial charge in [-0.25, -0.2) is 8.78 Å². The summed E-state index contributed by atoms with van der Waals surface area (Å²) < 4.78 is 27.9. The Morgan fingerprint density at radius 3 is 2.77 bits per heavy atom. The van der Waals surface area contributed by atoms with Crippen molar-refractivity contribution in [2.75, 3.05) is 33.4 Å². The van der Waals surface area contributed by atoms with E-state index in [1.165, 1.54) is 0 Å². The number of amides is 1. The first kappa shape index (κ1) is 12.2. The fourth-order valence-electron chi connectivity index (χ4n) is 0.630. The van der Waals surface area contributed by atoms with E-state index < -0.39 is 18.9 Å². The number of nitrogens with one attached hydrogen (secondary N) is 2. The van der Waals surface area contributed by atoms with E-state index >= 15 is 0 Å². The monoisotopic (exact) mass is 196 g/mol. The van der Waals surface area contributed by atoms with Crippen LogP contribution in [0.1, 0.15) is 0 Å². The van der Waals surface area contributed by atoms with Crippen molar-refractivity contribution in [3.8, 4) is 0 Å². The molecule has 0 atom stereocenters. The number of carbonyl (C=O) groups is 1. The summed E-state index contributed by atoms with van der Waals surface area (Å²) in [7, 11) is 1.54. The molecular weight excluding hydrogens is 182 g/mol. The molecule has 0 aliphatic carbocycles. The maximum absolute atomic E-state index is 11.6. The molecule has 2 N–H and O–H groups in total. The molecule has 0 aromatic carbocycles. The average Bonchev–Trinajstić information content (AvgIpc) is 2.09. The molecule has 1 amide bonds. The molecule has 4 nitrogen and oxygen atoms in total. The van der Waals surface area contributed by atoms with Crippen LogP contribution in [0.3, 0.4) is 0 Å². The topological polar surface area (TPSA) is 50.4 Å². The van der Waals surface area contributed by atoms with Gasteiger partial charge in [0, 0.05) is 13.7 Å². The molecule has 0 unspecified atom stereocenters. The molecule has 0 aromatic rings. The largest absolute Gasteiger partial charge is 0.383 e. The quantitative estimate of drug-likeness (QED) is 0.545. The second-order valence-corrected chi connectivity index (χ2v) is 2.36. The van der Waals surface area contributed by atoms with E-state index in [4.69, 9.17) is 4.74 Å². The SMILES string of the molecule is COCCNCC(=O)NCC(F)F. The summed E-state index contributed by atoms with van der Waals surface area (Å²) in [5.41, 5.74) is 0. The molecule has 0 aliphatic rings. The Bertz CT molecular complexity index is 144. The number of alkyl halides is 2. The zero-order valence-corrected chi connectivity index (χ0v) is 7.48. The molecule has 0 fully saturated rings.